The smallest absolute Gasteiger partial charge is 0.170 e. The van der Waals surface area contributed by atoms with Crippen molar-refractivity contribution in [1.82, 2.24) is 0 Å². The van der Waals surface area contributed by atoms with E-state index in [9.17, 15) is 9.18 Å². The zero-order valence-electron chi connectivity index (χ0n) is 9.29. The van der Waals surface area contributed by atoms with Gasteiger partial charge in [0.2, 0.25) is 0 Å². The normalized spacial score (nSPS) is 10.4. The Balaban J connectivity index is 2.28. The third kappa shape index (κ3) is 2.98. The van der Waals surface area contributed by atoms with Crippen LogP contribution in [0.1, 0.15) is 15.9 Å². The maximum absolute atomic E-state index is 13.5. The van der Waals surface area contributed by atoms with Crippen molar-refractivity contribution in [3.05, 3.63) is 68.9 Å². The van der Waals surface area contributed by atoms with Crippen LogP contribution in [0, 0.1) is 5.82 Å². The highest BCUT2D eigenvalue weighted by atomic mass is 79.9. The summed E-state index contributed by atoms with van der Waals surface area (Å²) in [6, 6.07) is 11.3. The van der Waals surface area contributed by atoms with Crippen LogP contribution in [-0.2, 0) is 6.42 Å². The number of Topliss-reactive ketones (excluding diaryl/α,β-unsaturated/α-hetero) is 1. The standard InChI is InChI=1S/C14H9BrClFO/c15-12-4-2-1-3-9(12)7-14(18)11-8-10(16)5-6-13(11)17/h1-6,8H,7H2. The van der Waals surface area contributed by atoms with E-state index >= 15 is 0 Å². The molecule has 0 fully saturated rings. The molecule has 92 valence electrons. The third-order valence-electron chi connectivity index (χ3n) is 2.54. The number of carbonyl (C=O) groups is 1. The van der Waals surface area contributed by atoms with Gasteiger partial charge in [0.25, 0.3) is 0 Å². The highest BCUT2D eigenvalue weighted by Crippen LogP contribution is 2.20. The summed E-state index contributed by atoms with van der Waals surface area (Å²) >= 11 is 9.13. The molecule has 0 aliphatic rings. The number of rotatable bonds is 3. The van der Waals surface area contributed by atoms with Crippen molar-refractivity contribution >= 4 is 33.3 Å². The van der Waals surface area contributed by atoms with E-state index in [0.717, 1.165) is 10.0 Å². The molecule has 4 heteroatoms. The van der Waals surface area contributed by atoms with Crippen LogP contribution in [0.15, 0.2) is 46.9 Å². The molecule has 0 bridgehead atoms. The van der Waals surface area contributed by atoms with Crippen LogP contribution < -0.4 is 0 Å². The molecule has 18 heavy (non-hydrogen) atoms. The van der Waals surface area contributed by atoms with Gasteiger partial charge >= 0.3 is 0 Å². The van der Waals surface area contributed by atoms with Gasteiger partial charge in [-0.05, 0) is 29.8 Å². The third-order valence-corrected chi connectivity index (χ3v) is 3.55. The molecule has 0 amide bonds. The second-order valence-corrected chi connectivity index (χ2v) is 5.11. The van der Waals surface area contributed by atoms with Crippen LogP contribution in [0.2, 0.25) is 5.02 Å². The number of halogens is 3. The minimum atomic E-state index is -0.545. The number of benzene rings is 2. The molecule has 0 aliphatic heterocycles. The maximum atomic E-state index is 13.5. The fourth-order valence-corrected chi connectivity index (χ4v) is 2.22. The van der Waals surface area contributed by atoms with E-state index in [4.69, 9.17) is 11.6 Å². The second-order valence-electron chi connectivity index (χ2n) is 3.82. The van der Waals surface area contributed by atoms with Crippen LogP contribution in [0.25, 0.3) is 0 Å². The maximum Gasteiger partial charge on any atom is 0.170 e. The summed E-state index contributed by atoms with van der Waals surface area (Å²) in [7, 11) is 0. The quantitative estimate of drug-likeness (QED) is 0.749. The van der Waals surface area contributed by atoms with Crippen molar-refractivity contribution in [1.29, 1.82) is 0 Å². The topological polar surface area (TPSA) is 17.1 Å². The van der Waals surface area contributed by atoms with Gasteiger partial charge in [0.1, 0.15) is 5.82 Å². The Hall–Kier alpha value is -1.19. The van der Waals surface area contributed by atoms with Crippen LogP contribution in [0.3, 0.4) is 0 Å². The lowest BCUT2D eigenvalue weighted by Crippen LogP contribution is -2.06. The lowest BCUT2D eigenvalue weighted by Gasteiger charge is -2.05. The van der Waals surface area contributed by atoms with Crippen molar-refractivity contribution in [3.8, 4) is 0 Å². The summed E-state index contributed by atoms with van der Waals surface area (Å²) < 4.78 is 14.4. The van der Waals surface area contributed by atoms with Crippen LogP contribution in [-0.4, -0.2) is 5.78 Å². The van der Waals surface area contributed by atoms with Crippen LogP contribution >= 0.6 is 27.5 Å². The predicted molar refractivity (Wildman–Crippen MR) is 73.6 cm³/mol. The summed E-state index contributed by atoms with van der Waals surface area (Å²) in [5.74, 6) is -0.835. The minimum Gasteiger partial charge on any atom is -0.294 e. The molecule has 2 aromatic rings. The zero-order chi connectivity index (χ0) is 13.1. The van der Waals surface area contributed by atoms with Gasteiger partial charge < -0.3 is 0 Å². The number of hydrogen-bond donors (Lipinski definition) is 0. The summed E-state index contributed by atoms with van der Waals surface area (Å²) in [6.45, 7) is 0. The van der Waals surface area contributed by atoms with Crippen molar-refractivity contribution in [2.75, 3.05) is 0 Å². The van der Waals surface area contributed by atoms with E-state index < -0.39 is 5.82 Å². The molecule has 0 N–H and O–H groups in total. The van der Waals surface area contributed by atoms with Crippen molar-refractivity contribution < 1.29 is 9.18 Å². The fraction of sp³-hybridized carbons (Fsp3) is 0.0714. The average molecular weight is 328 g/mol. The predicted octanol–water partition coefficient (Wildman–Crippen LogP) is 4.67. The second kappa shape index (κ2) is 5.63. The molecule has 0 saturated carbocycles. The molecule has 0 aliphatic carbocycles. The molecule has 0 heterocycles. The molecule has 2 aromatic carbocycles. The Labute approximate surface area is 118 Å². The first kappa shape index (κ1) is 13.2. The first-order valence-electron chi connectivity index (χ1n) is 5.29. The van der Waals surface area contributed by atoms with E-state index in [2.05, 4.69) is 15.9 Å². The zero-order valence-corrected chi connectivity index (χ0v) is 11.6. The van der Waals surface area contributed by atoms with Gasteiger partial charge in [-0.2, -0.15) is 0 Å². The van der Waals surface area contributed by atoms with Crippen molar-refractivity contribution in [2.24, 2.45) is 0 Å². The molecule has 0 saturated heterocycles. The SMILES string of the molecule is O=C(Cc1ccccc1Br)c1cc(Cl)ccc1F. The number of ketones is 1. The van der Waals surface area contributed by atoms with Gasteiger partial charge in [0, 0.05) is 15.9 Å². The molecule has 1 nitrogen and oxygen atoms in total. The molecule has 0 radical (unpaired) electrons. The Morgan fingerprint density at radius 1 is 1.22 bits per heavy atom. The largest absolute Gasteiger partial charge is 0.294 e. The molecule has 0 unspecified atom stereocenters. The van der Waals surface area contributed by atoms with E-state index in [1.807, 2.05) is 24.3 Å². The molecule has 2 rings (SSSR count). The Kier molecular flexibility index (Phi) is 4.15. The molecule has 0 spiro atoms. The van der Waals surface area contributed by atoms with Crippen molar-refractivity contribution in [2.45, 2.75) is 6.42 Å². The van der Waals surface area contributed by atoms with Gasteiger partial charge in [-0.1, -0.05) is 45.7 Å². The summed E-state index contributed by atoms with van der Waals surface area (Å²) in [5, 5.41) is 0.354. The van der Waals surface area contributed by atoms with E-state index in [-0.39, 0.29) is 17.8 Å². The molecular formula is C14H9BrClFO. The fourth-order valence-electron chi connectivity index (χ4n) is 1.62. The minimum absolute atomic E-state index is 0.0262. The first-order chi connectivity index (χ1) is 8.58. The number of carbonyl (C=O) groups excluding carboxylic acids is 1. The van der Waals surface area contributed by atoms with Crippen molar-refractivity contribution in [3.63, 3.8) is 0 Å². The summed E-state index contributed by atoms with van der Waals surface area (Å²) in [4.78, 5) is 12.0. The highest BCUT2D eigenvalue weighted by Gasteiger charge is 2.14. The van der Waals surface area contributed by atoms with Gasteiger partial charge in [-0.25, -0.2) is 4.39 Å². The van der Waals surface area contributed by atoms with Crippen LogP contribution in [0.5, 0.6) is 0 Å². The Morgan fingerprint density at radius 2 is 1.94 bits per heavy atom. The van der Waals surface area contributed by atoms with Gasteiger partial charge in [-0.15, -0.1) is 0 Å². The lowest BCUT2D eigenvalue weighted by atomic mass is 10.0. The molecule has 0 atom stereocenters. The highest BCUT2D eigenvalue weighted by molar-refractivity contribution is 9.10. The average Bonchev–Trinajstić information content (AvgIpc) is 2.35. The van der Waals surface area contributed by atoms with Gasteiger partial charge in [-0.3, -0.25) is 4.79 Å². The van der Waals surface area contributed by atoms with E-state index in [0.29, 0.717) is 5.02 Å². The van der Waals surface area contributed by atoms with E-state index in [1.54, 1.807) is 0 Å². The molecule has 0 aromatic heterocycles. The first-order valence-corrected chi connectivity index (χ1v) is 6.46. The van der Waals surface area contributed by atoms with Crippen LogP contribution in [0.4, 0.5) is 4.39 Å². The monoisotopic (exact) mass is 326 g/mol. The van der Waals surface area contributed by atoms with Gasteiger partial charge in [0.05, 0.1) is 5.56 Å². The molecular weight excluding hydrogens is 319 g/mol. The Bertz CT molecular complexity index is 598. The Morgan fingerprint density at radius 3 is 2.67 bits per heavy atom. The number of hydrogen-bond acceptors (Lipinski definition) is 1. The lowest BCUT2D eigenvalue weighted by molar-refractivity contribution is 0.0989. The summed E-state index contributed by atoms with van der Waals surface area (Å²) in [5.41, 5.74) is 0.847. The van der Waals surface area contributed by atoms with Gasteiger partial charge in [0.15, 0.2) is 5.78 Å². The summed E-state index contributed by atoms with van der Waals surface area (Å²) in [6.07, 6.45) is 0.138. The van der Waals surface area contributed by atoms with E-state index in [1.165, 1.54) is 18.2 Å².